The Kier molecular flexibility index (Phi) is 5.93. The van der Waals surface area contributed by atoms with Crippen LogP contribution in [0.1, 0.15) is 21.5 Å². The van der Waals surface area contributed by atoms with Gasteiger partial charge in [-0.2, -0.15) is 5.10 Å². The second-order valence-corrected chi connectivity index (χ2v) is 6.93. The molecule has 0 aliphatic heterocycles. The van der Waals surface area contributed by atoms with Crippen molar-refractivity contribution < 1.29 is 14.3 Å². The Morgan fingerprint density at radius 1 is 1.06 bits per heavy atom. The molecule has 2 aromatic heterocycles. The second-order valence-electron chi connectivity index (χ2n) is 6.93. The van der Waals surface area contributed by atoms with Gasteiger partial charge in [0, 0.05) is 35.9 Å². The van der Waals surface area contributed by atoms with E-state index in [4.69, 9.17) is 9.47 Å². The number of ether oxygens (including phenoxy) is 2. The summed E-state index contributed by atoms with van der Waals surface area (Å²) >= 11 is 0. The highest BCUT2D eigenvalue weighted by Gasteiger charge is 2.13. The summed E-state index contributed by atoms with van der Waals surface area (Å²) in [5.41, 5.74) is 3.98. The normalized spacial score (nSPS) is 10.5. The molecule has 0 bridgehead atoms. The molecule has 0 unspecified atom stereocenters. The van der Waals surface area contributed by atoms with Gasteiger partial charge >= 0.3 is 0 Å². The molecule has 0 fully saturated rings. The van der Waals surface area contributed by atoms with E-state index in [0.29, 0.717) is 29.4 Å². The lowest BCUT2D eigenvalue weighted by atomic mass is 10.2. The third-order valence-corrected chi connectivity index (χ3v) is 4.75. The molecule has 4 aromatic rings. The van der Waals surface area contributed by atoms with Crippen LogP contribution in [0.3, 0.4) is 0 Å². The Balaban J connectivity index is 1.49. The number of para-hydroxylation sites is 1. The monoisotopic (exact) mass is 414 g/mol. The molecule has 1 amide bonds. The molecule has 0 aliphatic rings. The van der Waals surface area contributed by atoms with Crippen LogP contribution in [0.4, 0.5) is 5.69 Å². The van der Waals surface area contributed by atoms with Crippen LogP contribution in [0.2, 0.25) is 0 Å². The van der Waals surface area contributed by atoms with E-state index in [1.807, 2.05) is 43.3 Å². The zero-order valence-electron chi connectivity index (χ0n) is 17.3. The summed E-state index contributed by atoms with van der Waals surface area (Å²) in [6.45, 7) is 2.34. The predicted octanol–water partition coefficient (Wildman–Crippen LogP) is 4.42. The highest BCUT2D eigenvalue weighted by molar-refractivity contribution is 6.04. The van der Waals surface area contributed by atoms with Crippen molar-refractivity contribution in [3.8, 4) is 17.2 Å². The summed E-state index contributed by atoms with van der Waals surface area (Å²) in [5.74, 6) is 0.845. The molecule has 4 rings (SSSR count). The fraction of sp³-hybridized carbons (Fsp3) is 0.125. The van der Waals surface area contributed by atoms with Crippen molar-refractivity contribution in [2.24, 2.45) is 0 Å². The number of nitrogens with zero attached hydrogens (tertiary/aromatic N) is 3. The minimum Gasteiger partial charge on any atom is -0.493 e. The van der Waals surface area contributed by atoms with Crippen LogP contribution in [0.25, 0.3) is 5.69 Å². The van der Waals surface area contributed by atoms with Crippen molar-refractivity contribution in [2.75, 3.05) is 12.4 Å². The summed E-state index contributed by atoms with van der Waals surface area (Å²) < 4.78 is 13.0. The van der Waals surface area contributed by atoms with Crippen molar-refractivity contribution in [1.82, 2.24) is 14.8 Å². The number of benzene rings is 2. The van der Waals surface area contributed by atoms with Crippen molar-refractivity contribution in [1.29, 1.82) is 0 Å². The van der Waals surface area contributed by atoms with Gasteiger partial charge in [-0.1, -0.05) is 24.3 Å². The van der Waals surface area contributed by atoms with Crippen molar-refractivity contribution in [2.45, 2.75) is 13.5 Å². The van der Waals surface area contributed by atoms with Gasteiger partial charge in [0.2, 0.25) is 0 Å². The standard InChI is InChI=1S/C24H22N4O3/c1-17-6-3-4-8-21(17)28-15-19(14-26-28)24(29)27-20-9-10-22(30-2)23(12-20)31-16-18-7-5-11-25-13-18/h3-15H,16H2,1-2H3,(H,27,29). The Labute approximate surface area is 180 Å². The minimum absolute atomic E-state index is 0.261. The topological polar surface area (TPSA) is 78.3 Å². The summed E-state index contributed by atoms with van der Waals surface area (Å²) in [7, 11) is 1.57. The molecule has 0 spiro atoms. The number of pyridine rings is 1. The molecule has 31 heavy (non-hydrogen) atoms. The van der Waals surface area contributed by atoms with Gasteiger partial charge in [-0.25, -0.2) is 4.68 Å². The first-order valence-corrected chi connectivity index (χ1v) is 9.76. The molecule has 156 valence electrons. The third kappa shape index (κ3) is 4.72. The Bertz CT molecular complexity index is 1190. The quantitative estimate of drug-likeness (QED) is 0.484. The smallest absolute Gasteiger partial charge is 0.258 e. The number of methoxy groups -OCH3 is 1. The van der Waals surface area contributed by atoms with Gasteiger partial charge in [0.25, 0.3) is 5.91 Å². The molecular formula is C24H22N4O3. The Hall–Kier alpha value is -4.13. The number of hydrogen-bond donors (Lipinski definition) is 1. The third-order valence-electron chi connectivity index (χ3n) is 4.75. The number of carbonyl (C=O) groups is 1. The molecule has 0 radical (unpaired) electrons. The Morgan fingerprint density at radius 2 is 1.94 bits per heavy atom. The fourth-order valence-electron chi connectivity index (χ4n) is 3.11. The lowest BCUT2D eigenvalue weighted by Gasteiger charge is -2.13. The number of aryl methyl sites for hydroxylation is 1. The van der Waals surface area contributed by atoms with Gasteiger partial charge in [-0.05, 0) is 36.8 Å². The lowest BCUT2D eigenvalue weighted by Crippen LogP contribution is -2.11. The lowest BCUT2D eigenvalue weighted by molar-refractivity contribution is 0.102. The van der Waals surface area contributed by atoms with E-state index in [9.17, 15) is 4.79 Å². The SMILES string of the molecule is COc1ccc(NC(=O)c2cnn(-c3ccccc3C)c2)cc1OCc1cccnc1. The highest BCUT2D eigenvalue weighted by atomic mass is 16.5. The number of rotatable bonds is 7. The van der Waals surface area contributed by atoms with Crippen molar-refractivity contribution in [3.05, 3.63) is 96.1 Å². The fourth-order valence-corrected chi connectivity index (χ4v) is 3.11. The molecule has 1 N–H and O–H groups in total. The first-order chi connectivity index (χ1) is 15.1. The van der Waals surface area contributed by atoms with Gasteiger partial charge in [-0.15, -0.1) is 0 Å². The van der Waals surface area contributed by atoms with Crippen LogP contribution < -0.4 is 14.8 Å². The first-order valence-electron chi connectivity index (χ1n) is 9.76. The van der Waals surface area contributed by atoms with E-state index in [2.05, 4.69) is 15.4 Å². The molecular weight excluding hydrogens is 392 g/mol. The predicted molar refractivity (Wildman–Crippen MR) is 118 cm³/mol. The van der Waals surface area contributed by atoms with Crippen LogP contribution in [0, 0.1) is 6.92 Å². The van der Waals surface area contributed by atoms with Crippen LogP contribution >= 0.6 is 0 Å². The molecule has 0 atom stereocenters. The number of amides is 1. The number of nitrogens with one attached hydrogen (secondary N) is 1. The molecule has 0 saturated carbocycles. The molecule has 0 saturated heterocycles. The van der Waals surface area contributed by atoms with Crippen LogP contribution in [0.15, 0.2) is 79.4 Å². The minimum atomic E-state index is -0.261. The second kappa shape index (κ2) is 9.13. The van der Waals surface area contributed by atoms with Crippen LogP contribution in [-0.2, 0) is 6.61 Å². The van der Waals surface area contributed by atoms with E-state index >= 15 is 0 Å². The van der Waals surface area contributed by atoms with Crippen LogP contribution in [-0.4, -0.2) is 27.8 Å². The molecule has 2 heterocycles. The number of hydrogen-bond acceptors (Lipinski definition) is 5. The van der Waals surface area contributed by atoms with Gasteiger partial charge in [0.05, 0.1) is 24.6 Å². The summed E-state index contributed by atoms with van der Waals surface area (Å²) in [5, 5.41) is 7.21. The van der Waals surface area contributed by atoms with E-state index < -0.39 is 0 Å². The van der Waals surface area contributed by atoms with Crippen molar-refractivity contribution in [3.63, 3.8) is 0 Å². The number of anilines is 1. The maximum Gasteiger partial charge on any atom is 0.258 e. The zero-order valence-corrected chi connectivity index (χ0v) is 17.3. The van der Waals surface area contributed by atoms with Gasteiger partial charge in [-0.3, -0.25) is 9.78 Å². The summed E-state index contributed by atoms with van der Waals surface area (Å²) in [4.78, 5) is 16.8. The van der Waals surface area contributed by atoms with Crippen molar-refractivity contribution >= 4 is 11.6 Å². The Morgan fingerprint density at radius 3 is 2.71 bits per heavy atom. The molecule has 7 heteroatoms. The highest BCUT2D eigenvalue weighted by Crippen LogP contribution is 2.31. The first kappa shape index (κ1) is 20.2. The number of carbonyl (C=O) groups excluding carboxylic acids is 1. The molecule has 2 aromatic carbocycles. The van der Waals surface area contributed by atoms with E-state index in [1.165, 1.54) is 0 Å². The molecule has 7 nitrogen and oxygen atoms in total. The maximum absolute atomic E-state index is 12.7. The summed E-state index contributed by atoms with van der Waals surface area (Å²) in [6, 6.07) is 16.9. The van der Waals surface area contributed by atoms with Gasteiger partial charge < -0.3 is 14.8 Å². The van der Waals surface area contributed by atoms with E-state index in [1.54, 1.807) is 54.8 Å². The van der Waals surface area contributed by atoms with Gasteiger partial charge in [0.15, 0.2) is 11.5 Å². The van der Waals surface area contributed by atoms with E-state index in [-0.39, 0.29) is 5.91 Å². The maximum atomic E-state index is 12.7. The number of aromatic nitrogens is 3. The average Bonchev–Trinajstić information content (AvgIpc) is 3.29. The van der Waals surface area contributed by atoms with Crippen LogP contribution in [0.5, 0.6) is 11.5 Å². The summed E-state index contributed by atoms with van der Waals surface area (Å²) in [6.07, 6.45) is 6.71. The largest absolute Gasteiger partial charge is 0.493 e. The van der Waals surface area contributed by atoms with Gasteiger partial charge in [0.1, 0.15) is 6.61 Å². The zero-order chi connectivity index (χ0) is 21.6. The molecule has 0 aliphatic carbocycles. The average molecular weight is 414 g/mol. The van der Waals surface area contributed by atoms with E-state index in [0.717, 1.165) is 16.8 Å².